The number of ether oxygens (including phenoxy) is 2. The first-order chi connectivity index (χ1) is 31.2. The third-order valence-electron chi connectivity index (χ3n) is 11.3. The maximum absolute atomic E-state index is 10.4. The van der Waals surface area contributed by atoms with Gasteiger partial charge in [0.25, 0.3) is 0 Å². The number of imidazole rings is 2. The van der Waals surface area contributed by atoms with Crippen LogP contribution in [-0.2, 0) is 22.6 Å². The smallest absolute Gasteiger partial charge is 0.236 e. The Kier molecular flexibility index (Phi) is 19.0. The van der Waals surface area contributed by atoms with Crippen LogP contribution in [-0.4, -0.2) is 120 Å². The van der Waals surface area contributed by atoms with Gasteiger partial charge >= 0.3 is 0 Å². The van der Waals surface area contributed by atoms with Crippen molar-refractivity contribution >= 4 is 55.5 Å². The predicted octanol–water partition coefficient (Wildman–Crippen LogP) is 2.15. The van der Waals surface area contributed by atoms with Crippen LogP contribution in [0.15, 0.2) is 97.6 Å². The summed E-state index contributed by atoms with van der Waals surface area (Å²) < 4.78 is 14.0. The minimum atomic E-state index is -1.29. The number of aliphatic hydroxyl groups is 6. The van der Waals surface area contributed by atoms with E-state index in [1.54, 1.807) is 0 Å². The molecule has 67 heavy (non-hydrogen) atoms. The number of hydrogen-bond acceptors (Lipinski definition) is 18. The summed E-state index contributed by atoms with van der Waals surface area (Å²) in [4.78, 5) is 25.7. The first-order valence-corrected chi connectivity index (χ1v) is 20.2. The molecule has 8 N–H and O–H groups in total. The van der Waals surface area contributed by atoms with Crippen LogP contribution in [0.2, 0.25) is 0 Å². The Morgan fingerprint density at radius 3 is 1.30 bits per heavy atom. The van der Waals surface area contributed by atoms with Crippen molar-refractivity contribution in [3.8, 4) is 12.1 Å². The quantitative estimate of drug-likeness (QED) is 0.0973. The Bertz CT molecular complexity index is 2880. The number of aromatic nitrogens is 8. The van der Waals surface area contributed by atoms with Crippen LogP contribution in [0.4, 0.5) is 11.6 Å². The number of nitrogens with one attached hydrogen (secondary N) is 2. The van der Waals surface area contributed by atoms with Gasteiger partial charge in [0.2, 0.25) is 11.6 Å². The number of fused-ring (bicyclic) bond motifs is 4. The number of rotatable bonds is 10. The molecule has 2 fully saturated rings. The van der Waals surface area contributed by atoms with E-state index < -0.39 is 62.3 Å². The van der Waals surface area contributed by atoms with Gasteiger partial charge in [-0.25, -0.2) is 9.97 Å². The van der Waals surface area contributed by atoms with Crippen molar-refractivity contribution in [3.63, 3.8) is 0 Å². The molecule has 8 atom stereocenters. The molecule has 23 heteroatoms. The zero-order valence-corrected chi connectivity index (χ0v) is 49.6. The minimum absolute atomic E-state index is 0. The molecule has 0 saturated carbocycles. The molecular formula is C44H40Ac3N12O8. The SMILES string of the molecule is N#Cc1nc(NCc2cccc3ccccc23)c2ncn(C3O[C@H](CO)C(O)C3O)c2n1.N#Cc1nc(NCc2cccc3ccccc23)c2ncn([C@@H]3O[C@H](CO)[C@@H](O)[C@H]3O)c2n1.[Ac].[Ac].[Ac]. The summed E-state index contributed by atoms with van der Waals surface area (Å²) in [5.74, 6) is 0.577. The van der Waals surface area contributed by atoms with E-state index in [0.717, 1.165) is 32.7 Å². The summed E-state index contributed by atoms with van der Waals surface area (Å²) in [6.07, 6.45) is -6.20. The topological polar surface area (TPSA) is 299 Å². The Balaban J connectivity index is 0.000000212. The fourth-order valence-electron chi connectivity index (χ4n) is 8.02. The summed E-state index contributed by atoms with van der Waals surface area (Å²) in [5, 5.41) is 89.4. The van der Waals surface area contributed by atoms with Gasteiger partial charge in [0.05, 0.1) is 25.9 Å². The molecule has 6 heterocycles. The zero-order valence-electron chi connectivity index (χ0n) is 35.4. The third kappa shape index (κ3) is 10.9. The molecule has 3 unspecified atom stereocenters. The predicted molar refractivity (Wildman–Crippen MR) is 229 cm³/mol. The first-order valence-electron chi connectivity index (χ1n) is 20.2. The molecule has 0 bridgehead atoms. The Morgan fingerprint density at radius 1 is 0.537 bits per heavy atom. The standard InChI is InChI=1S/2C22H20N6O4.3Ac/c2*23-8-16-26-20(24-9-13-6-3-5-12-4-1-2-7-14(12)13)17-21(27-16)28(11-25-17)22-19(31)18(30)15(10-29)32-22;;;/h2*1-7,11,15,18-19,22,29-31H,9-10H2,(H,24,26,27);;;/t15-,18?,19?,22?;15-,18-,19-,22-;;;/m11.../s1. The van der Waals surface area contributed by atoms with Crippen LogP contribution >= 0.6 is 0 Å². The summed E-state index contributed by atoms with van der Waals surface area (Å²) in [6.45, 7) is -0.00660. The molecule has 8 aromatic rings. The molecule has 4 aromatic carbocycles. The van der Waals surface area contributed by atoms with E-state index in [1.807, 2.05) is 97.1 Å². The van der Waals surface area contributed by atoms with E-state index in [9.17, 15) is 41.2 Å². The Hall–Kier alpha value is -2.92. The van der Waals surface area contributed by atoms with Gasteiger partial charge in [-0.3, -0.25) is 9.13 Å². The van der Waals surface area contributed by atoms with Gasteiger partial charge in [-0.15, -0.1) is 0 Å². The molecule has 333 valence electrons. The van der Waals surface area contributed by atoms with Crippen molar-refractivity contribution in [2.45, 2.75) is 62.2 Å². The second-order valence-corrected chi connectivity index (χ2v) is 15.1. The van der Waals surface area contributed by atoms with Gasteiger partial charge in [-0.05, 0) is 32.7 Å². The number of benzene rings is 4. The van der Waals surface area contributed by atoms with Gasteiger partial charge in [-0.1, -0.05) is 84.9 Å². The molecule has 2 aliphatic rings. The number of nitriles is 2. The Labute approximate surface area is 489 Å². The molecule has 20 nitrogen and oxygen atoms in total. The zero-order chi connectivity index (χ0) is 44.5. The van der Waals surface area contributed by atoms with Crippen LogP contribution in [0.1, 0.15) is 35.2 Å². The molecule has 2 aliphatic heterocycles. The van der Waals surface area contributed by atoms with Gasteiger partial charge in [0, 0.05) is 145 Å². The molecule has 3 radical (unpaired) electrons. The van der Waals surface area contributed by atoms with Crippen LogP contribution in [0.3, 0.4) is 0 Å². The van der Waals surface area contributed by atoms with Crippen molar-refractivity contribution in [1.82, 2.24) is 39.0 Å². The number of anilines is 2. The maximum atomic E-state index is 10.4. The normalized spacial score (nSPS) is 21.9. The van der Waals surface area contributed by atoms with Crippen LogP contribution in [0.25, 0.3) is 43.9 Å². The summed E-state index contributed by atoms with van der Waals surface area (Å²) >= 11 is 0. The van der Waals surface area contributed by atoms with E-state index >= 15 is 0 Å². The minimum Gasteiger partial charge on any atom is -0.394 e. The monoisotopic (exact) mass is 1550 g/mol. The first kappa shape index (κ1) is 53.4. The number of hydrogen-bond donors (Lipinski definition) is 8. The second kappa shape index (κ2) is 23.8. The second-order valence-electron chi connectivity index (χ2n) is 15.1. The van der Waals surface area contributed by atoms with E-state index in [-0.39, 0.29) is 155 Å². The largest absolute Gasteiger partial charge is 0.394 e. The molecule has 0 spiro atoms. The van der Waals surface area contributed by atoms with E-state index in [0.29, 0.717) is 35.8 Å². The van der Waals surface area contributed by atoms with Crippen molar-refractivity contribution in [2.75, 3.05) is 23.8 Å². The van der Waals surface area contributed by atoms with Gasteiger partial charge in [0.15, 0.2) is 46.4 Å². The van der Waals surface area contributed by atoms with Crippen molar-refractivity contribution in [1.29, 1.82) is 10.5 Å². The van der Waals surface area contributed by atoms with E-state index in [1.165, 1.54) is 21.8 Å². The number of aliphatic hydroxyl groups excluding tert-OH is 6. The fraction of sp³-hybridized carbons (Fsp3) is 0.273. The summed E-state index contributed by atoms with van der Waals surface area (Å²) in [7, 11) is 0. The van der Waals surface area contributed by atoms with Crippen molar-refractivity contribution in [2.24, 2.45) is 0 Å². The van der Waals surface area contributed by atoms with Crippen LogP contribution < -0.4 is 10.6 Å². The van der Waals surface area contributed by atoms with Crippen LogP contribution in [0, 0.1) is 155 Å². The fourth-order valence-corrected chi connectivity index (χ4v) is 8.02. The molecule has 4 aromatic heterocycles. The van der Waals surface area contributed by atoms with Crippen molar-refractivity contribution < 1.29 is 172 Å². The molecule has 2 saturated heterocycles. The van der Waals surface area contributed by atoms with Gasteiger partial charge in [0.1, 0.15) is 48.8 Å². The van der Waals surface area contributed by atoms with E-state index in [4.69, 9.17) is 9.47 Å². The third-order valence-corrected chi connectivity index (χ3v) is 11.3. The van der Waals surface area contributed by atoms with Crippen molar-refractivity contribution in [3.05, 3.63) is 120 Å². The summed E-state index contributed by atoms with van der Waals surface area (Å²) in [6, 6.07) is 32.0. The number of nitrogens with zero attached hydrogens (tertiary/aromatic N) is 10. The van der Waals surface area contributed by atoms with Gasteiger partial charge < -0.3 is 50.7 Å². The average molecular weight is 1550 g/mol. The average Bonchev–Trinajstić information content (AvgIpc) is 4.10. The Morgan fingerprint density at radius 2 is 0.925 bits per heavy atom. The molecular weight excluding hydrogens is 1510 g/mol. The molecule has 10 rings (SSSR count). The summed E-state index contributed by atoms with van der Waals surface area (Å²) in [5.41, 5.74) is 3.43. The van der Waals surface area contributed by atoms with Gasteiger partial charge in [-0.2, -0.15) is 30.5 Å². The molecule has 0 amide bonds. The van der Waals surface area contributed by atoms with Crippen LogP contribution in [0.5, 0.6) is 0 Å². The van der Waals surface area contributed by atoms with E-state index in [2.05, 4.69) is 40.5 Å². The maximum Gasteiger partial charge on any atom is 0.236 e. The molecule has 0 aliphatic carbocycles.